The summed E-state index contributed by atoms with van der Waals surface area (Å²) in [6, 6.07) is 12.8. The fourth-order valence-electron chi connectivity index (χ4n) is 2.05. The highest BCUT2D eigenvalue weighted by atomic mass is 16.5. The smallest absolute Gasteiger partial charge is 0.255 e. The molecule has 0 bridgehead atoms. The molecule has 21 heavy (non-hydrogen) atoms. The molecule has 0 heterocycles. The van der Waals surface area contributed by atoms with E-state index in [4.69, 9.17) is 10.5 Å². The molecule has 0 fully saturated rings. The topological polar surface area (TPSA) is 64.3 Å². The third-order valence-electron chi connectivity index (χ3n) is 3.24. The predicted octanol–water partition coefficient (Wildman–Crippen LogP) is 3.65. The van der Waals surface area contributed by atoms with E-state index in [0.29, 0.717) is 22.9 Å². The van der Waals surface area contributed by atoms with E-state index in [9.17, 15) is 4.79 Å². The summed E-state index contributed by atoms with van der Waals surface area (Å²) in [6.45, 7) is 4.23. The maximum atomic E-state index is 12.3. The Bertz CT molecular complexity index is 651. The van der Waals surface area contributed by atoms with Gasteiger partial charge in [-0.3, -0.25) is 4.79 Å². The number of carbonyl (C=O) groups excluding carboxylic acids is 1. The van der Waals surface area contributed by atoms with E-state index in [0.717, 1.165) is 5.69 Å². The van der Waals surface area contributed by atoms with E-state index in [1.165, 1.54) is 5.56 Å². The monoisotopic (exact) mass is 284 g/mol. The first kappa shape index (κ1) is 14.9. The van der Waals surface area contributed by atoms with Crippen LogP contribution >= 0.6 is 0 Å². The number of methoxy groups -OCH3 is 1. The van der Waals surface area contributed by atoms with Crippen LogP contribution in [0.3, 0.4) is 0 Å². The Kier molecular flexibility index (Phi) is 4.48. The second-order valence-electron chi connectivity index (χ2n) is 5.23. The average molecular weight is 284 g/mol. The molecule has 0 unspecified atom stereocenters. The first-order valence-electron chi connectivity index (χ1n) is 6.85. The van der Waals surface area contributed by atoms with Crippen LogP contribution in [-0.2, 0) is 0 Å². The van der Waals surface area contributed by atoms with Crippen molar-refractivity contribution < 1.29 is 9.53 Å². The number of hydrogen-bond donors (Lipinski definition) is 2. The summed E-state index contributed by atoms with van der Waals surface area (Å²) in [5, 5.41) is 2.88. The molecule has 0 radical (unpaired) electrons. The fraction of sp³-hybridized carbons (Fsp3) is 0.235. The van der Waals surface area contributed by atoms with Crippen molar-refractivity contribution >= 4 is 17.3 Å². The highest BCUT2D eigenvalue weighted by Gasteiger charge is 2.09. The van der Waals surface area contributed by atoms with Gasteiger partial charge in [0.2, 0.25) is 0 Å². The Morgan fingerprint density at radius 2 is 1.95 bits per heavy atom. The molecule has 3 N–H and O–H groups in total. The first-order valence-corrected chi connectivity index (χ1v) is 6.85. The molecule has 0 aromatic heterocycles. The summed E-state index contributed by atoms with van der Waals surface area (Å²) < 4.78 is 5.13. The van der Waals surface area contributed by atoms with Crippen molar-refractivity contribution in [1.82, 2.24) is 0 Å². The third-order valence-corrected chi connectivity index (χ3v) is 3.24. The van der Waals surface area contributed by atoms with Gasteiger partial charge in [0.25, 0.3) is 5.91 Å². The Labute approximate surface area is 124 Å². The van der Waals surface area contributed by atoms with Crippen LogP contribution in [0.2, 0.25) is 0 Å². The van der Waals surface area contributed by atoms with Crippen LogP contribution in [0.15, 0.2) is 42.5 Å². The molecule has 0 spiro atoms. The molecule has 2 aromatic carbocycles. The largest absolute Gasteiger partial charge is 0.497 e. The van der Waals surface area contributed by atoms with Gasteiger partial charge in [-0.2, -0.15) is 0 Å². The molecule has 110 valence electrons. The van der Waals surface area contributed by atoms with Gasteiger partial charge in [-0.05, 0) is 35.7 Å². The van der Waals surface area contributed by atoms with Gasteiger partial charge >= 0.3 is 0 Å². The highest BCUT2D eigenvalue weighted by Crippen LogP contribution is 2.21. The van der Waals surface area contributed by atoms with Crippen molar-refractivity contribution in [3.63, 3.8) is 0 Å². The molecule has 2 aromatic rings. The summed E-state index contributed by atoms with van der Waals surface area (Å²) in [5.74, 6) is 0.770. The number of anilines is 2. The Morgan fingerprint density at radius 1 is 1.19 bits per heavy atom. The maximum Gasteiger partial charge on any atom is 0.255 e. The van der Waals surface area contributed by atoms with E-state index in [2.05, 4.69) is 19.2 Å². The van der Waals surface area contributed by atoms with Crippen molar-refractivity contribution in [3.8, 4) is 5.75 Å². The average Bonchev–Trinajstić information content (AvgIpc) is 2.46. The lowest BCUT2D eigenvalue weighted by atomic mass is 10.0. The third kappa shape index (κ3) is 3.75. The molecular weight excluding hydrogens is 264 g/mol. The van der Waals surface area contributed by atoms with Crippen LogP contribution in [0.5, 0.6) is 5.75 Å². The lowest BCUT2D eigenvalue weighted by Gasteiger charge is -2.10. The first-order chi connectivity index (χ1) is 9.99. The number of nitrogens with one attached hydrogen (secondary N) is 1. The number of rotatable bonds is 4. The number of ether oxygens (including phenoxy) is 1. The predicted molar refractivity (Wildman–Crippen MR) is 85.9 cm³/mol. The number of benzene rings is 2. The van der Waals surface area contributed by atoms with Gasteiger partial charge in [0, 0.05) is 23.0 Å². The lowest BCUT2D eigenvalue weighted by molar-refractivity contribution is 0.102. The molecule has 2 rings (SSSR count). The molecule has 1 amide bonds. The molecule has 0 atom stereocenters. The quantitative estimate of drug-likeness (QED) is 0.842. The SMILES string of the molecule is COc1cc(N)cc(C(=O)Nc2cccc(C(C)C)c2)c1. The molecule has 0 aliphatic carbocycles. The molecule has 4 nitrogen and oxygen atoms in total. The number of hydrogen-bond acceptors (Lipinski definition) is 3. The van der Waals surface area contributed by atoms with Crippen LogP contribution in [-0.4, -0.2) is 13.0 Å². The minimum absolute atomic E-state index is 0.207. The molecule has 0 saturated heterocycles. The number of amides is 1. The zero-order valence-corrected chi connectivity index (χ0v) is 12.5. The van der Waals surface area contributed by atoms with E-state index in [1.807, 2.05) is 24.3 Å². The van der Waals surface area contributed by atoms with E-state index in [1.54, 1.807) is 25.3 Å². The molecular formula is C17H20N2O2. The minimum Gasteiger partial charge on any atom is -0.497 e. The summed E-state index contributed by atoms with van der Waals surface area (Å²) in [4.78, 5) is 12.3. The zero-order chi connectivity index (χ0) is 15.4. The lowest BCUT2D eigenvalue weighted by Crippen LogP contribution is -2.12. The van der Waals surface area contributed by atoms with Gasteiger partial charge in [0.15, 0.2) is 0 Å². The second-order valence-corrected chi connectivity index (χ2v) is 5.23. The van der Waals surface area contributed by atoms with Crippen LogP contribution in [0.25, 0.3) is 0 Å². The standard InChI is InChI=1S/C17H20N2O2/c1-11(2)12-5-4-6-15(8-12)19-17(20)13-7-14(18)10-16(9-13)21-3/h4-11H,18H2,1-3H3,(H,19,20). The second kappa shape index (κ2) is 6.31. The summed E-state index contributed by atoms with van der Waals surface area (Å²) in [6.07, 6.45) is 0. The molecule has 0 aliphatic heterocycles. The molecule has 0 aliphatic rings. The fourth-order valence-corrected chi connectivity index (χ4v) is 2.05. The Morgan fingerprint density at radius 3 is 2.62 bits per heavy atom. The summed E-state index contributed by atoms with van der Waals surface area (Å²) in [7, 11) is 1.54. The summed E-state index contributed by atoms with van der Waals surface area (Å²) >= 11 is 0. The number of nitrogens with two attached hydrogens (primary N) is 1. The van der Waals surface area contributed by atoms with Gasteiger partial charge in [0.05, 0.1) is 7.11 Å². The zero-order valence-electron chi connectivity index (χ0n) is 12.5. The van der Waals surface area contributed by atoms with Gasteiger partial charge in [-0.25, -0.2) is 0 Å². The van der Waals surface area contributed by atoms with E-state index in [-0.39, 0.29) is 5.91 Å². The summed E-state index contributed by atoms with van der Waals surface area (Å²) in [5.41, 5.74) is 8.69. The van der Waals surface area contributed by atoms with E-state index < -0.39 is 0 Å². The number of carbonyl (C=O) groups is 1. The highest BCUT2D eigenvalue weighted by molar-refractivity contribution is 6.05. The van der Waals surface area contributed by atoms with Crippen LogP contribution in [0.4, 0.5) is 11.4 Å². The Balaban J connectivity index is 2.21. The number of nitrogen functional groups attached to an aromatic ring is 1. The minimum atomic E-state index is -0.207. The van der Waals surface area contributed by atoms with Crippen LogP contribution in [0, 0.1) is 0 Å². The van der Waals surface area contributed by atoms with Crippen molar-refractivity contribution in [2.24, 2.45) is 0 Å². The van der Waals surface area contributed by atoms with Crippen molar-refractivity contribution in [1.29, 1.82) is 0 Å². The van der Waals surface area contributed by atoms with Gasteiger partial charge < -0.3 is 15.8 Å². The van der Waals surface area contributed by atoms with Gasteiger partial charge in [-0.15, -0.1) is 0 Å². The normalized spacial score (nSPS) is 10.5. The van der Waals surface area contributed by atoms with Crippen molar-refractivity contribution in [2.75, 3.05) is 18.2 Å². The molecule has 4 heteroatoms. The Hall–Kier alpha value is -2.49. The van der Waals surface area contributed by atoms with Crippen molar-refractivity contribution in [3.05, 3.63) is 53.6 Å². The molecule has 0 saturated carbocycles. The van der Waals surface area contributed by atoms with Crippen LogP contribution < -0.4 is 15.8 Å². The van der Waals surface area contributed by atoms with Crippen LogP contribution in [0.1, 0.15) is 35.7 Å². The van der Waals surface area contributed by atoms with E-state index >= 15 is 0 Å². The van der Waals surface area contributed by atoms with Gasteiger partial charge in [-0.1, -0.05) is 26.0 Å². The van der Waals surface area contributed by atoms with Gasteiger partial charge in [0.1, 0.15) is 5.75 Å². The maximum absolute atomic E-state index is 12.3. The van der Waals surface area contributed by atoms with Crippen molar-refractivity contribution in [2.45, 2.75) is 19.8 Å².